The number of hydrogen-bond acceptors (Lipinski definition) is 6. The second kappa shape index (κ2) is 9.53. The molecule has 2 aliphatic rings. The van der Waals surface area contributed by atoms with Crippen LogP contribution in [0.5, 0.6) is 5.75 Å². The highest BCUT2D eigenvalue weighted by atomic mass is 19.4. The van der Waals surface area contributed by atoms with Crippen LogP contribution in [0.3, 0.4) is 0 Å². The van der Waals surface area contributed by atoms with Crippen LogP contribution in [0.15, 0.2) is 12.1 Å². The zero-order valence-corrected chi connectivity index (χ0v) is 19.9. The molecule has 1 aromatic carbocycles. The summed E-state index contributed by atoms with van der Waals surface area (Å²) in [5.41, 5.74) is 0.369. The van der Waals surface area contributed by atoms with Gasteiger partial charge < -0.3 is 9.47 Å². The van der Waals surface area contributed by atoms with Gasteiger partial charge in [0.25, 0.3) is 0 Å². The van der Waals surface area contributed by atoms with Gasteiger partial charge in [-0.25, -0.2) is 9.59 Å². The summed E-state index contributed by atoms with van der Waals surface area (Å²) >= 11 is 0. The summed E-state index contributed by atoms with van der Waals surface area (Å²) in [5, 5.41) is 2.25. The minimum absolute atomic E-state index is 0.0888. The number of ether oxygens (including phenoxy) is 2. The number of hydrogen-bond donors (Lipinski definition) is 1. The molecule has 0 bridgehead atoms. The second-order valence-corrected chi connectivity index (χ2v) is 9.83. The molecule has 2 heterocycles. The molecule has 188 valence electrons. The van der Waals surface area contributed by atoms with Gasteiger partial charge in [-0.2, -0.15) is 13.2 Å². The van der Waals surface area contributed by atoms with Crippen molar-refractivity contribution in [3.05, 3.63) is 23.3 Å². The zero-order chi connectivity index (χ0) is 25.4. The molecule has 1 N–H and O–H groups in total. The fourth-order valence-electron chi connectivity index (χ4n) is 4.24. The van der Waals surface area contributed by atoms with Crippen molar-refractivity contribution in [1.82, 2.24) is 10.2 Å². The molecular weight excluding hydrogens is 455 g/mol. The van der Waals surface area contributed by atoms with Crippen molar-refractivity contribution in [2.75, 3.05) is 24.5 Å². The number of morpholine rings is 1. The van der Waals surface area contributed by atoms with Gasteiger partial charge in [0.1, 0.15) is 5.75 Å². The van der Waals surface area contributed by atoms with E-state index in [1.165, 1.54) is 4.90 Å². The van der Waals surface area contributed by atoms with Crippen molar-refractivity contribution >= 4 is 23.6 Å². The molecule has 2 unspecified atom stereocenters. The van der Waals surface area contributed by atoms with E-state index in [0.29, 0.717) is 29.9 Å². The van der Waals surface area contributed by atoms with E-state index >= 15 is 0 Å². The average Bonchev–Trinajstić information content (AvgIpc) is 2.66. The summed E-state index contributed by atoms with van der Waals surface area (Å²) in [4.78, 5) is 39.3. The highest BCUT2D eigenvalue weighted by Crippen LogP contribution is 2.40. The number of nitrogens with one attached hydrogen (secondary N) is 1. The summed E-state index contributed by atoms with van der Waals surface area (Å²) in [5.74, 6) is -2.87. The van der Waals surface area contributed by atoms with Crippen LogP contribution in [0.4, 0.5) is 23.7 Å². The van der Waals surface area contributed by atoms with Gasteiger partial charge in [0, 0.05) is 49.4 Å². The number of urea groups is 1. The first-order chi connectivity index (χ1) is 15.6. The maximum Gasteiger partial charge on any atom is 0.491 e. The Morgan fingerprint density at radius 3 is 2.29 bits per heavy atom. The highest BCUT2D eigenvalue weighted by Gasteiger charge is 2.43. The van der Waals surface area contributed by atoms with Gasteiger partial charge in [-0.15, -0.1) is 0 Å². The number of imide groups is 1. The predicted octanol–water partition coefficient (Wildman–Crippen LogP) is 3.51. The van der Waals surface area contributed by atoms with Crippen molar-refractivity contribution in [3.8, 4) is 5.75 Å². The van der Waals surface area contributed by atoms with Crippen LogP contribution in [0.1, 0.15) is 52.2 Å². The Labute approximate surface area is 196 Å². The monoisotopic (exact) mass is 485 g/mol. The normalized spacial score (nSPS) is 22.5. The van der Waals surface area contributed by atoms with Crippen LogP contribution in [-0.4, -0.2) is 60.8 Å². The van der Waals surface area contributed by atoms with E-state index in [4.69, 9.17) is 9.47 Å². The van der Waals surface area contributed by atoms with E-state index < -0.39 is 29.5 Å². The Hall–Kier alpha value is -2.66. The lowest BCUT2D eigenvalue weighted by molar-refractivity contribution is -0.189. The first-order valence-electron chi connectivity index (χ1n) is 11.1. The van der Waals surface area contributed by atoms with Gasteiger partial charge in [-0.05, 0) is 31.4 Å². The van der Waals surface area contributed by atoms with Crippen molar-refractivity contribution in [1.29, 1.82) is 0 Å². The number of alkyl halides is 3. The average molecular weight is 486 g/mol. The van der Waals surface area contributed by atoms with Crippen LogP contribution < -0.4 is 15.0 Å². The number of nitrogens with zero attached hydrogens (tertiary/aromatic N) is 2. The van der Waals surface area contributed by atoms with Crippen molar-refractivity contribution in [2.45, 2.75) is 71.4 Å². The minimum Gasteiger partial charge on any atom is -0.419 e. The molecule has 2 aliphatic heterocycles. The summed E-state index contributed by atoms with van der Waals surface area (Å²) in [6.45, 7) is 10.5. The van der Waals surface area contributed by atoms with Gasteiger partial charge in [0.15, 0.2) is 0 Å². The molecule has 8 nitrogen and oxygen atoms in total. The molecule has 11 heteroatoms. The third-order valence-electron chi connectivity index (χ3n) is 5.64. The largest absolute Gasteiger partial charge is 0.491 e. The summed E-state index contributed by atoms with van der Waals surface area (Å²) in [6, 6.07) is 2.48. The lowest BCUT2D eigenvalue weighted by Gasteiger charge is -2.36. The van der Waals surface area contributed by atoms with Crippen LogP contribution in [0.2, 0.25) is 0 Å². The maximum atomic E-state index is 13.1. The van der Waals surface area contributed by atoms with Gasteiger partial charge in [0.2, 0.25) is 5.91 Å². The van der Waals surface area contributed by atoms with Crippen molar-refractivity contribution in [3.63, 3.8) is 0 Å². The molecule has 1 aromatic rings. The molecule has 0 radical (unpaired) electrons. The van der Waals surface area contributed by atoms with E-state index in [9.17, 15) is 27.6 Å². The fourth-order valence-corrected chi connectivity index (χ4v) is 4.24. The number of benzene rings is 1. The van der Waals surface area contributed by atoms with E-state index in [1.807, 2.05) is 18.7 Å². The molecule has 0 saturated carbocycles. The van der Waals surface area contributed by atoms with Gasteiger partial charge in [-0.3, -0.25) is 19.9 Å². The van der Waals surface area contributed by atoms with Crippen molar-refractivity contribution < 1.29 is 37.0 Å². The molecule has 2 fully saturated rings. The Bertz CT molecular complexity index is 964. The standard InChI is InChI=1S/C23H30F3N3O5/c1-13-10-28(11-14(2)33-13)12-15-8-16(29-7-6-18(30)27-21(29)32)9-17(22(3,4)5)19(15)34-20(31)23(24,25)26/h8-9,13-14H,6-7,10-12H2,1-5H3,(H,27,30,32). The fraction of sp³-hybridized carbons (Fsp3) is 0.609. The van der Waals surface area contributed by atoms with Gasteiger partial charge in [-0.1, -0.05) is 20.8 Å². The number of carbonyl (C=O) groups is 3. The molecule has 3 rings (SSSR count). The lowest BCUT2D eigenvalue weighted by atomic mass is 9.84. The quantitative estimate of drug-likeness (QED) is 0.519. The molecule has 2 atom stereocenters. The number of halogens is 3. The van der Waals surface area contributed by atoms with E-state index in [1.54, 1.807) is 32.9 Å². The van der Waals surface area contributed by atoms with E-state index in [0.717, 1.165) is 0 Å². The predicted molar refractivity (Wildman–Crippen MR) is 118 cm³/mol. The number of carbonyl (C=O) groups excluding carboxylic acids is 3. The van der Waals surface area contributed by atoms with Crippen LogP contribution in [0, 0.1) is 0 Å². The first kappa shape index (κ1) is 26.0. The topological polar surface area (TPSA) is 88.2 Å². The number of amides is 3. The van der Waals surface area contributed by atoms with Crippen molar-refractivity contribution in [2.24, 2.45) is 0 Å². The van der Waals surface area contributed by atoms with E-state index in [-0.39, 0.29) is 37.5 Å². The molecule has 3 amide bonds. The van der Waals surface area contributed by atoms with Crippen LogP contribution in [-0.2, 0) is 26.3 Å². The van der Waals surface area contributed by atoms with Gasteiger partial charge >= 0.3 is 18.2 Å². The van der Waals surface area contributed by atoms with Crippen LogP contribution >= 0.6 is 0 Å². The summed E-state index contributed by atoms with van der Waals surface area (Å²) in [7, 11) is 0. The molecule has 34 heavy (non-hydrogen) atoms. The zero-order valence-electron chi connectivity index (χ0n) is 19.9. The lowest BCUT2D eigenvalue weighted by Crippen LogP contribution is -2.49. The molecule has 2 saturated heterocycles. The first-order valence-corrected chi connectivity index (χ1v) is 11.1. The third kappa shape index (κ3) is 6.06. The number of rotatable bonds is 4. The molecule has 0 spiro atoms. The number of anilines is 1. The molecule has 0 aromatic heterocycles. The molecular formula is C23H30F3N3O5. The van der Waals surface area contributed by atoms with E-state index in [2.05, 4.69) is 5.32 Å². The smallest absolute Gasteiger partial charge is 0.419 e. The van der Waals surface area contributed by atoms with Gasteiger partial charge in [0.05, 0.1) is 12.2 Å². The number of esters is 1. The van der Waals surface area contributed by atoms with Crippen LogP contribution in [0.25, 0.3) is 0 Å². The SMILES string of the molecule is CC1CN(Cc2cc(N3CCC(=O)NC3=O)cc(C(C)(C)C)c2OC(=O)C(F)(F)F)CC(C)O1. The second-order valence-electron chi connectivity index (χ2n) is 9.83. The Morgan fingerprint density at radius 1 is 1.15 bits per heavy atom. The minimum atomic E-state index is -5.17. The molecule has 0 aliphatic carbocycles. The summed E-state index contributed by atoms with van der Waals surface area (Å²) in [6.07, 6.45) is -5.25. The highest BCUT2D eigenvalue weighted by molar-refractivity contribution is 6.05. The third-order valence-corrected chi connectivity index (χ3v) is 5.64. The summed E-state index contributed by atoms with van der Waals surface area (Å²) < 4.78 is 50.1. The Balaban J connectivity index is 2.11. The maximum absolute atomic E-state index is 13.1. The Morgan fingerprint density at radius 2 is 1.76 bits per heavy atom. The Kier molecular flexibility index (Phi) is 7.28.